The second-order valence-electron chi connectivity index (χ2n) is 8.79. The number of amides is 2. The van der Waals surface area contributed by atoms with Crippen molar-refractivity contribution >= 4 is 62.6 Å². The monoisotopic (exact) mass is 550 g/mol. The van der Waals surface area contributed by atoms with E-state index in [1.54, 1.807) is 42.5 Å². The van der Waals surface area contributed by atoms with Gasteiger partial charge in [0.2, 0.25) is 11.8 Å². The van der Waals surface area contributed by atoms with Gasteiger partial charge < -0.3 is 4.90 Å². The van der Waals surface area contributed by atoms with Gasteiger partial charge in [0.25, 0.3) is 0 Å². The molecule has 0 N–H and O–H groups in total. The molecule has 0 bridgehead atoms. The number of fused-ring (bicyclic) bond motifs is 5. The normalized spacial score (nSPS) is 24.4. The first kappa shape index (κ1) is 22.2. The van der Waals surface area contributed by atoms with Gasteiger partial charge in [-0.3, -0.25) is 14.4 Å². The molecule has 3 aromatic carbocycles. The largest absolute Gasteiger partial charge is 0.352 e. The van der Waals surface area contributed by atoms with E-state index in [0.29, 0.717) is 16.3 Å². The Morgan fingerprint density at radius 2 is 1.63 bits per heavy atom. The molecule has 0 saturated carbocycles. The van der Waals surface area contributed by atoms with Crippen LogP contribution in [-0.4, -0.2) is 29.7 Å². The fourth-order valence-corrected chi connectivity index (χ4v) is 5.92. The molecule has 0 aliphatic carbocycles. The number of halogens is 3. The number of benzene rings is 3. The van der Waals surface area contributed by atoms with E-state index >= 15 is 0 Å². The highest BCUT2D eigenvalue weighted by Gasteiger charge is 2.64. The first-order valence-electron chi connectivity index (χ1n) is 11.0. The molecule has 0 unspecified atom stereocenters. The Labute approximate surface area is 213 Å². The van der Waals surface area contributed by atoms with Gasteiger partial charge in [-0.2, -0.15) is 0 Å². The van der Waals surface area contributed by atoms with Crippen molar-refractivity contribution in [3.63, 3.8) is 0 Å². The lowest BCUT2D eigenvalue weighted by Crippen LogP contribution is -2.49. The van der Waals surface area contributed by atoms with Crippen LogP contribution in [0.2, 0.25) is 5.02 Å². The van der Waals surface area contributed by atoms with Gasteiger partial charge >= 0.3 is 0 Å². The van der Waals surface area contributed by atoms with Crippen molar-refractivity contribution in [1.82, 2.24) is 0 Å². The fourth-order valence-electron chi connectivity index (χ4n) is 5.49. The van der Waals surface area contributed by atoms with Crippen LogP contribution in [0.15, 0.2) is 77.3 Å². The Kier molecular flexibility index (Phi) is 5.16. The molecule has 6 rings (SSSR count). The van der Waals surface area contributed by atoms with Crippen molar-refractivity contribution in [2.75, 3.05) is 9.80 Å². The SMILES string of the molecule is O=C(c1ccc(Br)cc1)[C@@H]1[C@@H]2C(=O)N(c3ccccc3F)C(=O)[C@H]2[C@@H]2C=Cc3ccc(Cl)cc3N12. The van der Waals surface area contributed by atoms with Crippen LogP contribution in [-0.2, 0) is 9.59 Å². The van der Waals surface area contributed by atoms with Crippen LogP contribution in [0.3, 0.4) is 0 Å². The zero-order chi connectivity index (χ0) is 24.4. The van der Waals surface area contributed by atoms with Gasteiger partial charge in [-0.25, -0.2) is 9.29 Å². The van der Waals surface area contributed by atoms with Crippen molar-refractivity contribution in [3.05, 3.63) is 99.2 Å². The maximum absolute atomic E-state index is 14.6. The number of nitrogens with zero attached hydrogens (tertiary/aromatic N) is 2. The molecule has 2 saturated heterocycles. The molecule has 174 valence electrons. The summed E-state index contributed by atoms with van der Waals surface area (Å²) < 4.78 is 15.5. The average Bonchev–Trinajstić information content (AvgIpc) is 3.32. The van der Waals surface area contributed by atoms with Gasteiger partial charge in [0.05, 0.1) is 23.6 Å². The van der Waals surface area contributed by atoms with Crippen molar-refractivity contribution < 1.29 is 18.8 Å². The number of hydrogen-bond acceptors (Lipinski definition) is 4. The number of rotatable bonds is 3. The molecule has 4 atom stereocenters. The van der Waals surface area contributed by atoms with Crippen molar-refractivity contribution in [2.45, 2.75) is 12.1 Å². The minimum Gasteiger partial charge on any atom is -0.352 e. The number of hydrogen-bond donors (Lipinski definition) is 0. The van der Waals surface area contributed by atoms with E-state index in [2.05, 4.69) is 15.9 Å². The molecule has 3 heterocycles. The summed E-state index contributed by atoms with van der Waals surface area (Å²) in [6.45, 7) is 0. The topological polar surface area (TPSA) is 57.7 Å². The van der Waals surface area contributed by atoms with Crippen LogP contribution in [0.1, 0.15) is 15.9 Å². The Morgan fingerprint density at radius 3 is 2.37 bits per heavy atom. The van der Waals surface area contributed by atoms with E-state index in [-0.39, 0.29) is 11.5 Å². The summed E-state index contributed by atoms with van der Waals surface area (Å²) in [5.41, 5.74) is 1.85. The van der Waals surface area contributed by atoms with E-state index in [4.69, 9.17) is 11.6 Å². The Bertz CT molecular complexity index is 1440. The lowest BCUT2D eigenvalue weighted by Gasteiger charge is -2.36. The van der Waals surface area contributed by atoms with Crippen LogP contribution < -0.4 is 9.80 Å². The number of carbonyl (C=O) groups excluding carboxylic acids is 3. The molecular formula is C27H17BrClFN2O3. The van der Waals surface area contributed by atoms with Crippen LogP contribution in [0, 0.1) is 17.7 Å². The van der Waals surface area contributed by atoms with E-state index in [0.717, 1.165) is 14.9 Å². The summed E-state index contributed by atoms with van der Waals surface area (Å²) in [5.74, 6) is -3.85. The molecule has 8 heteroatoms. The standard InChI is InChI=1S/C27H17BrClFN2O3/c28-16-9-5-15(6-10-16)25(33)24-23-22(20-12-8-14-7-11-17(29)13-21(14)31(20)24)26(34)32(27(23)35)19-4-2-1-3-18(19)30/h1-13,20,22-24H/t20-,22-,23+,24-/m0/s1. The predicted octanol–water partition coefficient (Wildman–Crippen LogP) is 5.51. The zero-order valence-corrected chi connectivity index (χ0v) is 20.4. The Balaban J connectivity index is 1.52. The van der Waals surface area contributed by atoms with Gasteiger partial charge in [-0.1, -0.05) is 70.0 Å². The Morgan fingerprint density at radius 1 is 0.914 bits per heavy atom. The minimum absolute atomic E-state index is 0.0958. The lowest BCUT2D eigenvalue weighted by atomic mass is 9.86. The van der Waals surface area contributed by atoms with Crippen LogP contribution in [0.4, 0.5) is 15.8 Å². The highest BCUT2D eigenvalue weighted by molar-refractivity contribution is 9.10. The molecule has 2 fully saturated rings. The molecule has 0 radical (unpaired) electrons. The predicted molar refractivity (Wildman–Crippen MR) is 135 cm³/mol. The minimum atomic E-state index is -0.974. The summed E-state index contributed by atoms with van der Waals surface area (Å²) >= 11 is 9.68. The van der Waals surface area contributed by atoms with Crippen LogP contribution in [0.25, 0.3) is 6.08 Å². The maximum atomic E-state index is 14.6. The third kappa shape index (κ3) is 3.29. The third-order valence-electron chi connectivity index (χ3n) is 6.96. The molecule has 3 aliphatic rings. The molecule has 0 spiro atoms. The zero-order valence-electron chi connectivity index (χ0n) is 18.1. The van der Waals surface area contributed by atoms with E-state index in [1.165, 1.54) is 18.2 Å². The molecule has 35 heavy (non-hydrogen) atoms. The highest BCUT2D eigenvalue weighted by Crippen LogP contribution is 2.50. The summed E-state index contributed by atoms with van der Waals surface area (Å²) in [6, 6.07) is 16.4. The first-order chi connectivity index (χ1) is 16.9. The summed E-state index contributed by atoms with van der Waals surface area (Å²) in [7, 11) is 0. The van der Waals surface area contributed by atoms with Crippen molar-refractivity contribution in [1.29, 1.82) is 0 Å². The quantitative estimate of drug-likeness (QED) is 0.318. The molecular weight excluding hydrogens is 535 g/mol. The highest BCUT2D eigenvalue weighted by atomic mass is 79.9. The molecule has 2 amide bonds. The van der Waals surface area contributed by atoms with E-state index in [1.807, 2.05) is 23.1 Å². The summed E-state index contributed by atoms with van der Waals surface area (Å²) in [6.07, 6.45) is 3.72. The average molecular weight is 552 g/mol. The second-order valence-corrected chi connectivity index (χ2v) is 10.1. The lowest BCUT2D eigenvalue weighted by molar-refractivity contribution is -0.122. The maximum Gasteiger partial charge on any atom is 0.240 e. The van der Waals surface area contributed by atoms with Gasteiger partial charge in [0, 0.05) is 20.7 Å². The Hall–Kier alpha value is -3.29. The fraction of sp³-hybridized carbons (Fsp3) is 0.148. The number of anilines is 2. The molecule has 5 nitrogen and oxygen atoms in total. The number of ketones is 1. The summed E-state index contributed by atoms with van der Waals surface area (Å²) in [4.78, 5) is 44.1. The van der Waals surface area contributed by atoms with Gasteiger partial charge in [-0.15, -0.1) is 0 Å². The number of Topliss-reactive ketones (excluding diaryl/α,β-unsaturated/α-hetero) is 1. The van der Waals surface area contributed by atoms with E-state index < -0.39 is 41.6 Å². The number of imide groups is 1. The number of carbonyl (C=O) groups is 3. The third-order valence-corrected chi connectivity index (χ3v) is 7.73. The van der Waals surface area contributed by atoms with E-state index in [9.17, 15) is 18.8 Å². The first-order valence-corrected chi connectivity index (χ1v) is 12.2. The van der Waals surface area contributed by atoms with Crippen LogP contribution >= 0.6 is 27.5 Å². The van der Waals surface area contributed by atoms with Gasteiger partial charge in [-0.05, 0) is 42.0 Å². The number of para-hydroxylation sites is 1. The smallest absolute Gasteiger partial charge is 0.240 e. The van der Waals surface area contributed by atoms with Crippen molar-refractivity contribution in [2.24, 2.45) is 11.8 Å². The molecule has 3 aliphatic heterocycles. The molecule has 0 aromatic heterocycles. The van der Waals surface area contributed by atoms with Gasteiger partial charge in [0.1, 0.15) is 11.9 Å². The second kappa shape index (κ2) is 8.14. The van der Waals surface area contributed by atoms with Crippen molar-refractivity contribution in [3.8, 4) is 0 Å². The summed E-state index contributed by atoms with van der Waals surface area (Å²) in [5, 5.41) is 0.482. The van der Waals surface area contributed by atoms with Gasteiger partial charge in [0.15, 0.2) is 5.78 Å². The van der Waals surface area contributed by atoms with Crippen LogP contribution in [0.5, 0.6) is 0 Å². The molecule has 3 aromatic rings.